The van der Waals surface area contributed by atoms with E-state index in [1.807, 2.05) is 0 Å². The molecule has 1 heterocycles. The van der Waals surface area contributed by atoms with Gasteiger partial charge in [0.1, 0.15) is 18.5 Å². The number of anilines is 1. The molecule has 158 valence electrons. The van der Waals surface area contributed by atoms with Crippen LogP contribution in [0.1, 0.15) is 18.1 Å². The maximum atomic E-state index is 12.5. The van der Waals surface area contributed by atoms with Crippen LogP contribution in [0.4, 0.5) is 10.5 Å². The number of carbonyl (C=O) groups is 2. The smallest absolute Gasteiger partial charge is 0.412 e. The SMILES string of the molecule is O=C(O)/C=C/C[C@@H](OC(=O)Nc1ccc2c(c1)OCO2)c1ccccc1OCCO. The molecule has 1 atom stereocenters. The van der Waals surface area contributed by atoms with Crippen molar-refractivity contribution < 1.29 is 38.7 Å². The van der Waals surface area contributed by atoms with Gasteiger partial charge in [-0.25, -0.2) is 9.59 Å². The number of aliphatic hydroxyl groups is 1. The highest BCUT2D eigenvalue weighted by Gasteiger charge is 2.21. The van der Waals surface area contributed by atoms with E-state index >= 15 is 0 Å². The van der Waals surface area contributed by atoms with Crippen molar-refractivity contribution >= 4 is 17.7 Å². The van der Waals surface area contributed by atoms with Crippen LogP contribution in [0.5, 0.6) is 17.2 Å². The number of hydrogen-bond acceptors (Lipinski definition) is 7. The van der Waals surface area contributed by atoms with Crippen molar-refractivity contribution in [2.75, 3.05) is 25.3 Å². The minimum Gasteiger partial charge on any atom is -0.491 e. The number of ether oxygens (including phenoxy) is 4. The number of rotatable bonds is 9. The Bertz CT molecular complexity index is 927. The molecule has 9 nitrogen and oxygen atoms in total. The average Bonchev–Trinajstić information content (AvgIpc) is 3.19. The van der Waals surface area contributed by atoms with Gasteiger partial charge in [0.05, 0.1) is 6.61 Å². The minimum atomic E-state index is -1.11. The van der Waals surface area contributed by atoms with Crippen LogP contribution < -0.4 is 19.5 Å². The lowest BCUT2D eigenvalue weighted by Gasteiger charge is -2.20. The van der Waals surface area contributed by atoms with Crippen molar-refractivity contribution in [3.05, 3.63) is 60.2 Å². The van der Waals surface area contributed by atoms with Gasteiger partial charge in [-0.2, -0.15) is 0 Å². The molecule has 0 saturated carbocycles. The number of amides is 1. The van der Waals surface area contributed by atoms with Crippen LogP contribution in [-0.2, 0) is 9.53 Å². The summed E-state index contributed by atoms with van der Waals surface area (Å²) >= 11 is 0. The predicted octanol–water partition coefficient (Wildman–Crippen LogP) is 3.11. The van der Waals surface area contributed by atoms with Gasteiger partial charge in [0.15, 0.2) is 11.5 Å². The Labute approximate surface area is 172 Å². The summed E-state index contributed by atoms with van der Waals surface area (Å²) in [6.45, 7) is 0.00725. The number of para-hydroxylation sites is 1. The molecule has 2 aromatic rings. The molecular formula is C21H21NO8. The minimum absolute atomic E-state index is 0.0676. The van der Waals surface area contributed by atoms with Crippen LogP contribution in [0, 0.1) is 0 Å². The summed E-state index contributed by atoms with van der Waals surface area (Å²) in [7, 11) is 0. The maximum Gasteiger partial charge on any atom is 0.412 e. The molecule has 1 aliphatic rings. The second kappa shape index (κ2) is 10.2. The van der Waals surface area contributed by atoms with Gasteiger partial charge < -0.3 is 29.2 Å². The Kier molecular flexibility index (Phi) is 7.12. The van der Waals surface area contributed by atoms with Gasteiger partial charge in [-0.1, -0.05) is 24.3 Å². The molecule has 0 spiro atoms. The number of fused-ring (bicyclic) bond motifs is 1. The zero-order valence-electron chi connectivity index (χ0n) is 15.9. The van der Waals surface area contributed by atoms with Crippen molar-refractivity contribution in [3.8, 4) is 17.2 Å². The number of carboxylic acids is 1. The van der Waals surface area contributed by atoms with Crippen molar-refractivity contribution in [2.24, 2.45) is 0 Å². The largest absolute Gasteiger partial charge is 0.491 e. The van der Waals surface area contributed by atoms with E-state index in [2.05, 4.69) is 5.32 Å². The van der Waals surface area contributed by atoms with Crippen LogP contribution in [0.25, 0.3) is 0 Å². The highest BCUT2D eigenvalue weighted by Crippen LogP contribution is 2.35. The fourth-order valence-electron chi connectivity index (χ4n) is 2.82. The van der Waals surface area contributed by atoms with Gasteiger partial charge in [0, 0.05) is 29.8 Å². The Morgan fingerprint density at radius 2 is 1.97 bits per heavy atom. The van der Waals surface area contributed by atoms with Crippen molar-refractivity contribution in [3.63, 3.8) is 0 Å². The molecule has 0 saturated heterocycles. The van der Waals surface area contributed by atoms with E-state index in [0.717, 1.165) is 6.08 Å². The molecule has 2 aromatic carbocycles. The van der Waals surface area contributed by atoms with Crippen LogP contribution >= 0.6 is 0 Å². The molecule has 3 N–H and O–H groups in total. The van der Waals surface area contributed by atoms with Crippen LogP contribution in [0.15, 0.2) is 54.6 Å². The summed E-state index contributed by atoms with van der Waals surface area (Å²) in [6.07, 6.45) is 0.928. The third-order valence-electron chi connectivity index (χ3n) is 4.09. The standard InChI is InChI=1S/C21H21NO8/c23-10-11-27-16-5-2-1-4-15(16)17(6-3-7-20(24)25)30-21(26)22-14-8-9-18-19(12-14)29-13-28-18/h1-5,7-9,12,17,23H,6,10-11,13H2,(H,22,26)(H,24,25)/b7-3+/t17-/m1/s1. The van der Waals surface area contributed by atoms with Gasteiger partial charge in [-0.15, -0.1) is 0 Å². The first-order valence-corrected chi connectivity index (χ1v) is 9.16. The summed E-state index contributed by atoms with van der Waals surface area (Å²) in [5.41, 5.74) is 0.996. The molecule has 0 aliphatic carbocycles. The summed E-state index contributed by atoms with van der Waals surface area (Å²) in [6, 6.07) is 11.8. The Hall–Kier alpha value is -3.72. The highest BCUT2D eigenvalue weighted by molar-refractivity contribution is 5.85. The fourth-order valence-corrected chi connectivity index (χ4v) is 2.82. The molecule has 0 radical (unpaired) electrons. The number of aliphatic hydroxyl groups excluding tert-OH is 1. The molecule has 9 heteroatoms. The number of aliphatic carboxylic acids is 1. The first-order valence-electron chi connectivity index (χ1n) is 9.16. The quantitative estimate of drug-likeness (QED) is 0.534. The summed E-state index contributed by atoms with van der Waals surface area (Å²) in [5.74, 6) is 0.414. The average molecular weight is 415 g/mol. The molecule has 0 fully saturated rings. The van der Waals surface area contributed by atoms with Crippen LogP contribution in [0.3, 0.4) is 0 Å². The first-order chi connectivity index (χ1) is 14.6. The third kappa shape index (κ3) is 5.65. The molecular weight excluding hydrogens is 394 g/mol. The molecule has 1 aliphatic heterocycles. The monoisotopic (exact) mass is 415 g/mol. The number of hydrogen-bond donors (Lipinski definition) is 3. The van der Waals surface area contributed by atoms with E-state index in [-0.39, 0.29) is 26.4 Å². The number of carboxylic acid groups (broad SMARTS) is 1. The zero-order chi connectivity index (χ0) is 21.3. The Morgan fingerprint density at radius 1 is 1.17 bits per heavy atom. The van der Waals surface area contributed by atoms with Gasteiger partial charge in [-0.05, 0) is 18.2 Å². The first kappa shape index (κ1) is 21.0. The van der Waals surface area contributed by atoms with Crippen molar-refractivity contribution in [1.82, 2.24) is 0 Å². The van der Waals surface area contributed by atoms with E-state index in [9.17, 15) is 9.59 Å². The van der Waals surface area contributed by atoms with Crippen LogP contribution in [0.2, 0.25) is 0 Å². The van der Waals surface area contributed by atoms with E-state index < -0.39 is 18.2 Å². The van der Waals surface area contributed by atoms with Gasteiger partial charge in [-0.3, -0.25) is 5.32 Å². The number of nitrogens with one attached hydrogen (secondary N) is 1. The second-order valence-corrected chi connectivity index (χ2v) is 6.17. The predicted molar refractivity (Wildman–Crippen MR) is 106 cm³/mol. The normalized spacial score (nSPS) is 13.1. The van der Waals surface area contributed by atoms with Gasteiger partial charge in [0.2, 0.25) is 6.79 Å². The molecule has 1 amide bonds. The summed E-state index contributed by atoms with van der Waals surface area (Å²) in [4.78, 5) is 23.3. The van der Waals surface area contributed by atoms with E-state index in [1.54, 1.807) is 42.5 Å². The van der Waals surface area contributed by atoms with E-state index in [1.165, 1.54) is 6.08 Å². The van der Waals surface area contributed by atoms with E-state index in [4.69, 9.17) is 29.2 Å². The van der Waals surface area contributed by atoms with Crippen molar-refractivity contribution in [2.45, 2.75) is 12.5 Å². The lowest BCUT2D eigenvalue weighted by atomic mass is 10.0. The number of carbonyl (C=O) groups excluding carboxylic acids is 1. The lowest BCUT2D eigenvalue weighted by molar-refractivity contribution is -0.131. The van der Waals surface area contributed by atoms with Crippen LogP contribution in [-0.4, -0.2) is 42.3 Å². The lowest BCUT2D eigenvalue weighted by Crippen LogP contribution is -2.18. The third-order valence-corrected chi connectivity index (χ3v) is 4.09. The zero-order valence-corrected chi connectivity index (χ0v) is 15.9. The molecule has 30 heavy (non-hydrogen) atoms. The summed E-state index contributed by atoms with van der Waals surface area (Å²) in [5, 5.41) is 20.5. The Balaban J connectivity index is 1.75. The van der Waals surface area contributed by atoms with Gasteiger partial charge in [0.25, 0.3) is 0 Å². The Morgan fingerprint density at radius 3 is 2.77 bits per heavy atom. The molecule has 3 rings (SSSR count). The maximum absolute atomic E-state index is 12.5. The van der Waals surface area contributed by atoms with E-state index in [0.29, 0.717) is 28.5 Å². The van der Waals surface area contributed by atoms with Gasteiger partial charge >= 0.3 is 12.1 Å². The molecule has 0 unspecified atom stereocenters. The highest BCUT2D eigenvalue weighted by atomic mass is 16.7. The molecule has 0 bridgehead atoms. The summed E-state index contributed by atoms with van der Waals surface area (Å²) < 4.78 is 21.6. The molecule has 0 aromatic heterocycles. The topological polar surface area (TPSA) is 124 Å². The fraction of sp³-hybridized carbons (Fsp3) is 0.238. The number of benzene rings is 2. The van der Waals surface area contributed by atoms with Crippen molar-refractivity contribution in [1.29, 1.82) is 0 Å². The second-order valence-electron chi connectivity index (χ2n) is 6.17.